The van der Waals surface area contributed by atoms with Gasteiger partial charge in [-0.1, -0.05) is 39.8 Å². The summed E-state index contributed by atoms with van der Waals surface area (Å²) in [6.45, 7) is 7.66. The minimum absolute atomic E-state index is 0.00465. The van der Waals surface area contributed by atoms with Crippen LogP contribution >= 0.6 is 0 Å². The molecule has 0 bridgehead atoms. The fraction of sp³-hybridized carbons (Fsp3) is 0.350. The molecular formula is C20H23FO2. The number of benzene rings is 2. The highest BCUT2D eigenvalue weighted by molar-refractivity contribution is 6.05. The van der Waals surface area contributed by atoms with Crippen molar-refractivity contribution >= 4 is 5.78 Å². The van der Waals surface area contributed by atoms with Gasteiger partial charge in [0.15, 0.2) is 5.78 Å². The third-order valence-corrected chi connectivity index (χ3v) is 3.88. The molecule has 0 saturated carbocycles. The molecule has 0 atom stereocenters. The minimum atomic E-state index is -0.531. The van der Waals surface area contributed by atoms with E-state index in [4.69, 9.17) is 4.74 Å². The highest BCUT2D eigenvalue weighted by Crippen LogP contribution is 2.34. The van der Waals surface area contributed by atoms with Crippen molar-refractivity contribution in [2.75, 3.05) is 7.11 Å². The quantitative estimate of drug-likeness (QED) is 0.716. The van der Waals surface area contributed by atoms with Gasteiger partial charge < -0.3 is 4.74 Å². The van der Waals surface area contributed by atoms with Crippen LogP contribution in [0.2, 0.25) is 0 Å². The second-order valence-corrected chi connectivity index (χ2v) is 6.66. The second-order valence-electron chi connectivity index (χ2n) is 6.66. The van der Waals surface area contributed by atoms with Gasteiger partial charge in [-0.2, -0.15) is 0 Å². The zero-order valence-corrected chi connectivity index (χ0v) is 14.4. The molecule has 0 aliphatic carbocycles. The van der Waals surface area contributed by atoms with Gasteiger partial charge in [0.2, 0.25) is 0 Å². The number of carbonyl (C=O) groups excluding carboxylic acids is 1. The smallest absolute Gasteiger partial charge is 0.168 e. The molecule has 3 heteroatoms. The molecule has 23 heavy (non-hydrogen) atoms. The zero-order valence-electron chi connectivity index (χ0n) is 14.4. The first-order valence-corrected chi connectivity index (χ1v) is 7.79. The van der Waals surface area contributed by atoms with Crippen LogP contribution in [0, 0.1) is 11.2 Å². The summed E-state index contributed by atoms with van der Waals surface area (Å²) in [4.78, 5) is 12.8. The lowest BCUT2D eigenvalue weighted by Gasteiger charge is -2.20. The summed E-state index contributed by atoms with van der Waals surface area (Å²) in [6.07, 6.45) is 0.825. The topological polar surface area (TPSA) is 26.3 Å². The number of carbonyl (C=O) groups is 1. The summed E-state index contributed by atoms with van der Waals surface area (Å²) in [5.74, 6) is 0.207. The molecule has 122 valence electrons. The molecule has 2 aromatic rings. The molecule has 0 heterocycles. The SMILES string of the molecule is CCc1ccc(-c2cc(OC)ccc2F)c(C(=O)C(C)(C)C)c1. The van der Waals surface area contributed by atoms with Crippen molar-refractivity contribution in [3.8, 4) is 16.9 Å². The molecule has 0 radical (unpaired) electrons. The average molecular weight is 314 g/mol. The lowest BCUT2D eigenvalue weighted by Crippen LogP contribution is -2.21. The standard InChI is InChI=1S/C20H23FO2/c1-6-13-7-9-15(17(11-13)19(22)20(2,3)4)16-12-14(23-5)8-10-18(16)21/h7-12H,6H2,1-5H3. The van der Waals surface area contributed by atoms with Gasteiger partial charge in [0.1, 0.15) is 11.6 Å². The third-order valence-electron chi connectivity index (χ3n) is 3.88. The van der Waals surface area contributed by atoms with Crippen LogP contribution in [0.4, 0.5) is 4.39 Å². The Labute approximate surface area is 137 Å². The number of hydrogen-bond donors (Lipinski definition) is 0. The summed E-state index contributed by atoms with van der Waals surface area (Å²) in [5, 5.41) is 0. The van der Waals surface area contributed by atoms with Crippen molar-refractivity contribution in [3.63, 3.8) is 0 Å². The lowest BCUT2D eigenvalue weighted by molar-refractivity contribution is 0.0859. The fourth-order valence-electron chi connectivity index (χ4n) is 2.48. The summed E-state index contributed by atoms with van der Waals surface area (Å²) < 4.78 is 19.5. The summed E-state index contributed by atoms with van der Waals surface area (Å²) in [6, 6.07) is 10.2. The van der Waals surface area contributed by atoms with Crippen LogP contribution in [0.25, 0.3) is 11.1 Å². The van der Waals surface area contributed by atoms with Gasteiger partial charge in [0, 0.05) is 16.5 Å². The molecule has 0 amide bonds. The molecule has 0 spiro atoms. The van der Waals surface area contributed by atoms with Crippen molar-refractivity contribution in [1.29, 1.82) is 0 Å². The molecule has 2 rings (SSSR count). The van der Waals surface area contributed by atoms with Gasteiger partial charge in [0.25, 0.3) is 0 Å². The Morgan fingerprint density at radius 2 is 1.78 bits per heavy atom. The Morgan fingerprint density at radius 1 is 1.09 bits per heavy atom. The zero-order chi connectivity index (χ0) is 17.2. The Hall–Kier alpha value is -2.16. The number of methoxy groups -OCH3 is 1. The van der Waals surface area contributed by atoms with Gasteiger partial charge in [-0.05, 0) is 41.8 Å². The number of ether oxygens (including phenoxy) is 1. The molecule has 0 aromatic heterocycles. The largest absolute Gasteiger partial charge is 0.497 e. The highest BCUT2D eigenvalue weighted by atomic mass is 19.1. The van der Waals surface area contributed by atoms with Crippen LogP contribution in [0.1, 0.15) is 43.6 Å². The molecule has 0 saturated heterocycles. The molecule has 0 N–H and O–H groups in total. The molecule has 0 aliphatic heterocycles. The summed E-state index contributed by atoms with van der Waals surface area (Å²) in [5.41, 5.74) is 2.09. The number of aryl methyl sites for hydroxylation is 1. The van der Waals surface area contributed by atoms with E-state index in [0.29, 0.717) is 22.4 Å². The van der Waals surface area contributed by atoms with Gasteiger partial charge in [0.05, 0.1) is 7.11 Å². The van der Waals surface area contributed by atoms with E-state index in [0.717, 1.165) is 12.0 Å². The van der Waals surface area contributed by atoms with Gasteiger partial charge in [-0.25, -0.2) is 4.39 Å². The molecule has 0 unspecified atom stereocenters. The van der Waals surface area contributed by atoms with E-state index in [1.54, 1.807) is 19.2 Å². The van der Waals surface area contributed by atoms with Crippen LogP contribution < -0.4 is 4.74 Å². The second kappa shape index (κ2) is 6.53. The van der Waals surface area contributed by atoms with Gasteiger partial charge in [-0.15, -0.1) is 0 Å². The number of rotatable bonds is 4. The Morgan fingerprint density at radius 3 is 2.35 bits per heavy atom. The first kappa shape index (κ1) is 17.2. The number of ketones is 1. The maximum atomic E-state index is 14.3. The van der Waals surface area contributed by atoms with E-state index in [1.165, 1.54) is 6.07 Å². The normalized spacial score (nSPS) is 11.4. The monoisotopic (exact) mass is 314 g/mol. The lowest BCUT2D eigenvalue weighted by atomic mass is 9.82. The van der Waals surface area contributed by atoms with E-state index in [9.17, 15) is 9.18 Å². The third kappa shape index (κ3) is 3.61. The van der Waals surface area contributed by atoms with Crippen LogP contribution in [0.15, 0.2) is 36.4 Å². The maximum Gasteiger partial charge on any atom is 0.168 e. The van der Waals surface area contributed by atoms with E-state index >= 15 is 0 Å². The van der Waals surface area contributed by atoms with Gasteiger partial charge >= 0.3 is 0 Å². The van der Waals surface area contributed by atoms with Crippen LogP contribution in [0.3, 0.4) is 0 Å². The first-order chi connectivity index (χ1) is 10.8. The van der Waals surface area contributed by atoms with Crippen molar-refractivity contribution in [3.05, 3.63) is 53.3 Å². The number of hydrogen-bond acceptors (Lipinski definition) is 2. The van der Waals surface area contributed by atoms with E-state index < -0.39 is 5.41 Å². The number of halogens is 1. The molecule has 0 fully saturated rings. The van der Waals surface area contributed by atoms with Crippen molar-refractivity contribution in [2.45, 2.75) is 34.1 Å². The van der Waals surface area contributed by atoms with Crippen molar-refractivity contribution in [1.82, 2.24) is 0 Å². The summed E-state index contributed by atoms with van der Waals surface area (Å²) in [7, 11) is 1.54. The van der Waals surface area contributed by atoms with Crippen LogP contribution in [-0.2, 0) is 6.42 Å². The van der Waals surface area contributed by atoms with Crippen LogP contribution in [-0.4, -0.2) is 12.9 Å². The average Bonchev–Trinajstić information content (AvgIpc) is 2.53. The molecule has 2 aromatic carbocycles. The van der Waals surface area contributed by atoms with E-state index in [-0.39, 0.29) is 11.6 Å². The summed E-state index contributed by atoms with van der Waals surface area (Å²) >= 11 is 0. The predicted octanol–water partition coefficient (Wildman–Crippen LogP) is 5.29. The van der Waals surface area contributed by atoms with Crippen molar-refractivity contribution < 1.29 is 13.9 Å². The maximum absolute atomic E-state index is 14.3. The predicted molar refractivity (Wildman–Crippen MR) is 91.6 cm³/mol. The highest BCUT2D eigenvalue weighted by Gasteiger charge is 2.26. The van der Waals surface area contributed by atoms with Crippen LogP contribution in [0.5, 0.6) is 5.75 Å². The number of Topliss-reactive ketones (excluding diaryl/α,β-unsaturated/α-hetero) is 1. The Bertz CT molecular complexity index is 727. The molecular weight excluding hydrogens is 291 g/mol. The van der Waals surface area contributed by atoms with Gasteiger partial charge in [-0.3, -0.25) is 4.79 Å². The molecule has 0 aliphatic rings. The minimum Gasteiger partial charge on any atom is -0.497 e. The van der Waals surface area contributed by atoms with Crippen molar-refractivity contribution in [2.24, 2.45) is 5.41 Å². The first-order valence-electron chi connectivity index (χ1n) is 7.79. The van der Waals surface area contributed by atoms with E-state index in [1.807, 2.05) is 45.9 Å². The Kier molecular flexibility index (Phi) is 4.88. The molecule has 2 nitrogen and oxygen atoms in total. The fourth-order valence-corrected chi connectivity index (χ4v) is 2.48. The van der Waals surface area contributed by atoms with E-state index in [2.05, 4.69) is 0 Å². The Balaban J connectivity index is 2.70.